The number of amides is 1. The van der Waals surface area contributed by atoms with Gasteiger partial charge in [0.05, 0.1) is 6.04 Å². The third-order valence-corrected chi connectivity index (χ3v) is 3.56. The number of rotatable bonds is 14. The number of carboxylic acids is 1. The second-order valence-electron chi connectivity index (χ2n) is 5.60. The summed E-state index contributed by atoms with van der Waals surface area (Å²) >= 11 is 0. The van der Waals surface area contributed by atoms with Gasteiger partial charge in [0.15, 0.2) is 0 Å². The number of hydrogen-bond donors (Lipinski definition) is 4. The van der Waals surface area contributed by atoms with E-state index in [1.807, 2.05) is 0 Å². The number of aliphatic carboxylic acids is 1. The molecular formula is C15H35Cl3N4O3. The minimum absolute atomic E-state index is 0. The monoisotopic (exact) mass is 424 g/mol. The molecule has 7 N–H and O–H groups in total. The first-order valence-corrected chi connectivity index (χ1v) is 8.19. The highest BCUT2D eigenvalue weighted by Crippen LogP contribution is 2.07. The number of nitrogens with zero attached hydrogens (tertiary/aromatic N) is 1. The largest absolute Gasteiger partial charge is 0.480 e. The fraction of sp³-hybridized carbons (Fsp3) is 0.867. The Hall–Kier alpha value is -0.310. The molecule has 0 aromatic heterocycles. The van der Waals surface area contributed by atoms with E-state index in [1.54, 1.807) is 0 Å². The number of carboxylic acid groups (broad SMARTS) is 1. The van der Waals surface area contributed by atoms with Gasteiger partial charge in [-0.2, -0.15) is 0 Å². The van der Waals surface area contributed by atoms with Crippen molar-refractivity contribution >= 4 is 49.1 Å². The van der Waals surface area contributed by atoms with E-state index in [9.17, 15) is 9.59 Å². The lowest BCUT2D eigenvalue weighted by Gasteiger charge is -2.24. The van der Waals surface area contributed by atoms with Crippen molar-refractivity contribution in [2.24, 2.45) is 17.2 Å². The van der Waals surface area contributed by atoms with Gasteiger partial charge in [-0.05, 0) is 38.8 Å². The lowest BCUT2D eigenvalue weighted by atomic mass is 10.1. The lowest BCUT2D eigenvalue weighted by molar-refractivity contribution is -0.145. The number of nitrogens with two attached hydrogens (primary N) is 3. The van der Waals surface area contributed by atoms with E-state index in [2.05, 4.69) is 0 Å². The van der Waals surface area contributed by atoms with Crippen LogP contribution in [0.1, 0.15) is 51.4 Å². The first-order chi connectivity index (χ1) is 10.5. The Morgan fingerprint density at radius 3 is 1.80 bits per heavy atom. The molecule has 0 rings (SSSR count). The molecule has 1 atom stereocenters. The van der Waals surface area contributed by atoms with Crippen molar-refractivity contribution in [2.75, 3.05) is 26.2 Å². The molecule has 7 nitrogen and oxygen atoms in total. The molecule has 25 heavy (non-hydrogen) atoms. The van der Waals surface area contributed by atoms with Crippen LogP contribution < -0.4 is 17.2 Å². The Labute approximate surface area is 169 Å². The zero-order valence-corrected chi connectivity index (χ0v) is 17.2. The summed E-state index contributed by atoms with van der Waals surface area (Å²) in [5.74, 6) is -1.30. The van der Waals surface area contributed by atoms with Crippen molar-refractivity contribution in [3.8, 4) is 0 Å². The summed E-state index contributed by atoms with van der Waals surface area (Å²) in [4.78, 5) is 24.4. The molecule has 10 heteroatoms. The second-order valence-corrected chi connectivity index (χ2v) is 5.60. The molecule has 0 bridgehead atoms. The Morgan fingerprint density at radius 2 is 1.32 bits per heavy atom. The van der Waals surface area contributed by atoms with Gasteiger partial charge < -0.3 is 27.2 Å². The van der Waals surface area contributed by atoms with Gasteiger partial charge in [0, 0.05) is 6.54 Å². The average Bonchev–Trinajstić information content (AvgIpc) is 2.49. The molecule has 0 fully saturated rings. The highest BCUT2D eigenvalue weighted by Gasteiger charge is 2.22. The molecule has 0 heterocycles. The summed E-state index contributed by atoms with van der Waals surface area (Å²) in [6.07, 6.45) is 7.29. The molecule has 0 aliphatic rings. The molecule has 0 saturated carbocycles. The quantitative estimate of drug-likeness (QED) is 0.312. The maximum atomic E-state index is 12.2. The van der Waals surface area contributed by atoms with Gasteiger partial charge in [-0.1, -0.05) is 25.7 Å². The molecular weight excluding hydrogens is 391 g/mol. The molecule has 0 spiro atoms. The maximum absolute atomic E-state index is 12.2. The van der Waals surface area contributed by atoms with Gasteiger partial charge in [-0.15, -0.1) is 37.2 Å². The van der Waals surface area contributed by atoms with Crippen LogP contribution in [0.15, 0.2) is 0 Å². The van der Waals surface area contributed by atoms with Crippen LogP contribution >= 0.6 is 37.2 Å². The fourth-order valence-corrected chi connectivity index (χ4v) is 2.28. The van der Waals surface area contributed by atoms with Crippen molar-refractivity contribution in [3.63, 3.8) is 0 Å². The molecule has 1 amide bonds. The van der Waals surface area contributed by atoms with Crippen LogP contribution in [0.25, 0.3) is 0 Å². The summed E-state index contributed by atoms with van der Waals surface area (Å²) in [5.41, 5.74) is 16.6. The molecule has 0 aliphatic heterocycles. The van der Waals surface area contributed by atoms with Gasteiger partial charge in [0.25, 0.3) is 0 Å². The first kappa shape index (κ1) is 32.4. The zero-order valence-electron chi connectivity index (χ0n) is 14.7. The number of carbonyl (C=O) groups is 2. The summed E-state index contributed by atoms with van der Waals surface area (Å²) in [5, 5.41) is 8.92. The highest BCUT2D eigenvalue weighted by atomic mass is 35.5. The van der Waals surface area contributed by atoms with E-state index in [1.165, 1.54) is 4.90 Å². The minimum Gasteiger partial charge on any atom is -0.480 e. The van der Waals surface area contributed by atoms with E-state index in [0.717, 1.165) is 45.1 Å². The van der Waals surface area contributed by atoms with Gasteiger partial charge in [0.1, 0.15) is 6.54 Å². The van der Waals surface area contributed by atoms with Crippen LogP contribution in [0.4, 0.5) is 0 Å². The minimum atomic E-state index is -1.01. The van der Waals surface area contributed by atoms with Crippen LogP contribution in [-0.2, 0) is 9.59 Å². The summed E-state index contributed by atoms with van der Waals surface area (Å²) in [6, 6.07) is -0.660. The lowest BCUT2D eigenvalue weighted by Crippen LogP contribution is -2.46. The van der Waals surface area contributed by atoms with Crippen molar-refractivity contribution in [1.82, 2.24) is 4.90 Å². The first-order valence-electron chi connectivity index (χ1n) is 8.19. The molecule has 0 aliphatic carbocycles. The van der Waals surface area contributed by atoms with Gasteiger partial charge in [0.2, 0.25) is 5.91 Å². The Kier molecular flexibility index (Phi) is 28.1. The van der Waals surface area contributed by atoms with Gasteiger partial charge in [-0.25, -0.2) is 0 Å². The Bertz CT molecular complexity index is 326. The van der Waals surface area contributed by atoms with Crippen LogP contribution in [-0.4, -0.2) is 54.1 Å². The predicted octanol–water partition coefficient (Wildman–Crippen LogP) is 1.53. The number of halogens is 3. The number of unbranched alkanes of at least 4 members (excludes halogenated alkanes) is 5. The molecule has 0 unspecified atom stereocenters. The maximum Gasteiger partial charge on any atom is 0.323 e. The van der Waals surface area contributed by atoms with Crippen LogP contribution in [0.3, 0.4) is 0 Å². The van der Waals surface area contributed by atoms with E-state index >= 15 is 0 Å². The van der Waals surface area contributed by atoms with Crippen LogP contribution in [0.5, 0.6) is 0 Å². The predicted molar refractivity (Wildman–Crippen MR) is 109 cm³/mol. The molecule has 0 aromatic rings. The molecule has 0 radical (unpaired) electrons. The van der Waals surface area contributed by atoms with Crippen LogP contribution in [0.2, 0.25) is 0 Å². The van der Waals surface area contributed by atoms with Crippen molar-refractivity contribution in [3.05, 3.63) is 0 Å². The smallest absolute Gasteiger partial charge is 0.323 e. The highest BCUT2D eigenvalue weighted by molar-refractivity contribution is 5.86. The summed E-state index contributed by atoms with van der Waals surface area (Å²) in [7, 11) is 0. The Balaban J connectivity index is -0.000000735. The topological polar surface area (TPSA) is 136 Å². The van der Waals surface area contributed by atoms with E-state index in [0.29, 0.717) is 25.9 Å². The third kappa shape index (κ3) is 18.3. The van der Waals surface area contributed by atoms with E-state index in [-0.39, 0.29) is 49.7 Å². The Morgan fingerprint density at radius 1 is 0.840 bits per heavy atom. The van der Waals surface area contributed by atoms with Gasteiger partial charge >= 0.3 is 5.97 Å². The fourth-order valence-electron chi connectivity index (χ4n) is 2.28. The zero-order chi connectivity index (χ0) is 16.8. The summed E-state index contributed by atoms with van der Waals surface area (Å²) < 4.78 is 0. The standard InChI is InChI=1S/C15H32N4O3.3ClH/c16-9-5-3-1-2-4-6-11-19(12-14(20)21)15(22)13(18)8-7-10-17;;;/h13H,1-12,16-18H2,(H,20,21);3*1H/t13-;;;/m0.../s1. The van der Waals surface area contributed by atoms with E-state index in [4.69, 9.17) is 22.3 Å². The third-order valence-electron chi connectivity index (χ3n) is 3.56. The van der Waals surface area contributed by atoms with Crippen molar-refractivity contribution < 1.29 is 14.7 Å². The van der Waals surface area contributed by atoms with E-state index < -0.39 is 12.0 Å². The second kappa shape index (κ2) is 21.7. The van der Waals surface area contributed by atoms with Crippen molar-refractivity contribution in [2.45, 2.75) is 57.4 Å². The van der Waals surface area contributed by atoms with Crippen molar-refractivity contribution in [1.29, 1.82) is 0 Å². The summed E-state index contributed by atoms with van der Waals surface area (Å²) in [6.45, 7) is 1.35. The number of carbonyl (C=O) groups excluding carboxylic acids is 1. The average molecular weight is 426 g/mol. The molecule has 0 aromatic carbocycles. The molecule has 154 valence electrons. The molecule has 0 saturated heterocycles. The normalized spacial score (nSPS) is 10.7. The number of hydrogen-bond acceptors (Lipinski definition) is 5. The SMILES string of the molecule is Cl.Cl.Cl.NCCCCCCCCN(CC(=O)O)C(=O)[C@@H](N)CCCN. The van der Waals surface area contributed by atoms with Crippen LogP contribution in [0, 0.1) is 0 Å². The van der Waals surface area contributed by atoms with Gasteiger partial charge in [-0.3, -0.25) is 9.59 Å².